The van der Waals surface area contributed by atoms with Crippen molar-refractivity contribution < 1.29 is 31.5 Å². The molecule has 1 N–H and O–H groups in total. The Morgan fingerprint density at radius 1 is 1.16 bits per heavy atom. The quantitative estimate of drug-likeness (QED) is 0.429. The number of fused-ring (bicyclic) bond motifs is 1. The van der Waals surface area contributed by atoms with Gasteiger partial charge in [0.25, 0.3) is 0 Å². The second-order valence-corrected chi connectivity index (χ2v) is 7.26. The fraction of sp³-hybridized carbons (Fsp3) is 0.368. The summed E-state index contributed by atoms with van der Waals surface area (Å²) in [4.78, 5) is 19.1. The van der Waals surface area contributed by atoms with E-state index in [2.05, 4.69) is 25.1 Å². The van der Waals surface area contributed by atoms with Crippen LogP contribution in [-0.4, -0.2) is 44.9 Å². The molecule has 4 rings (SSSR count). The van der Waals surface area contributed by atoms with Crippen LogP contribution in [0.25, 0.3) is 10.9 Å². The summed E-state index contributed by atoms with van der Waals surface area (Å²) in [5.41, 5.74) is 1.57. The maximum atomic E-state index is 12.9. The molecule has 0 bridgehead atoms. The Morgan fingerprint density at radius 3 is 2.55 bits per heavy atom. The first kappa shape index (κ1) is 20.9. The van der Waals surface area contributed by atoms with Crippen molar-refractivity contribution in [3.63, 3.8) is 0 Å². The lowest BCUT2D eigenvalue weighted by atomic mass is 10.1. The van der Waals surface area contributed by atoms with Crippen molar-refractivity contribution in [3.8, 4) is 5.88 Å². The zero-order valence-corrected chi connectivity index (χ0v) is 15.9. The summed E-state index contributed by atoms with van der Waals surface area (Å²) in [5, 5.41) is 8.06. The summed E-state index contributed by atoms with van der Waals surface area (Å²) in [6.07, 6.45) is 1.22. The molecule has 3 aromatic rings. The van der Waals surface area contributed by atoms with Gasteiger partial charge in [0.15, 0.2) is 6.61 Å². The van der Waals surface area contributed by atoms with Gasteiger partial charge in [-0.05, 0) is 24.5 Å². The van der Waals surface area contributed by atoms with Crippen molar-refractivity contribution in [3.05, 3.63) is 48.0 Å². The lowest BCUT2D eigenvalue weighted by Gasteiger charge is -2.19. The fourth-order valence-electron chi connectivity index (χ4n) is 3.17. The SMILES string of the molecule is O=CNC1(c2nccc3nn(Cc4ccc(OCC(F)(F)C(F)(F)F)nc4)cc23)CC1. The van der Waals surface area contributed by atoms with Crippen molar-refractivity contribution in [1.82, 2.24) is 25.1 Å². The molecule has 0 aliphatic heterocycles. The molecular formula is C19H16F5N5O2. The van der Waals surface area contributed by atoms with E-state index in [0.717, 1.165) is 23.9 Å². The molecule has 3 heterocycles. The van der Waals surface area contributed by atoms with Crippen molar-refractivity contribution in [1.29, 1.82) is 0 Å². The molecule has 0 radical (unpaired) electrons. The third-order valence-electron chi connectivity index (χ3n) is 4.98. The number of alkyl halides is 5. The van der Waals surface area contributed by atoms with Gasteiger partial charge in [-0.2, -0.15) is 27.1 Å². The molecule has 0 saturated heterocycles. The number of hydrogen-bond acceptors (Lipinski definition) is 5. The molecule has 164 valence electrons. The lowest BCUT2D eigenvalue weighted by molar-refractivity contribution is -0.290. The Morgan fingerprint density at radius 2 is 1.94 bits per heavy atom. The van der Waals surface area contributed by atoms with Crippen LogP contribution in [0.5, 0.6) is 5.88 Å². The zero-order chi connectivity index (χ0) is 22.3. The number of halogens is 5. The molecule has 1 aliphatic carbocycles. The topological polar surface area (TPSA) is 81.9 Å². The van der Waals surface area contributed by atoms with Gasteiger partial charge in [0.1, 0.15) is 0 Å². The van der Waals surface area contributed by atoms with Gasteiger partial charge in [-0.25, -0.2) is 4.98 Å². The minimum atomic E-state index is -5.69. The van der Waals surface area contributed by atoms with E-state index in [-0.39, 0.29) is 12.4 Å². The van der Waals surface area contributed by atoms with E-state index in [1.54, 1.807) is 23.1 Å². The van der Waals surface area contributed by atoms with E-state index in [4.69, 9.17) is 0 Å². The van der Waals surface area contributed by atoms with Gasteiger partial charge >= 0.3 is 12.1 Å². The van der Waals surface area contributed by atoms with Crippen LogP contribution in [0.2, 0.25) is 0 Å². The molecule has 1 amide bonds. The predicted molar refractivity (Wildman–Crippen MR) is 97.5 cm³/mol. The second-order valence-electron chi connectivity index (χ2n) is 7.26. The van der Waals surface area contributed by atoms with Crippen LogP contribution in [0, 0.1) is 0 Å². The first-order valence-electron chi connectivity index (χ1n) is 9.20. The minimum absolute atomic E-state index is 0.272. The molecule has 0 atom stereocenters. The van der Waals surface area contributed by atoms with Crippen molar-refractivity contribution in [2.75, 3.05) is 6.61 Å². The van der Waals surface area contributed by atoms with E-state index in [1.165, 1.54) is 18.3 Å². The molecule has 0 unspecified atom stereocenters. The number of pyridine rings is 2. The standard InChI is InChI=1S/C19H16F5N5O2/c20-18(21,19(22,23)24)10-31-15-2-1-12(7-26-15)8-29-9-13-14(28-29)3-6-25-16(13)17(4-5-17)27-11-30/h1-3,6-7,9,11H,4-5,8,10H2,(H,27,30). The van der Waals surface area contributed by atoms with Gasteiger partial charge in [0, 0.05) is 30.0 Å². The molecule has 7 nitrogen and oxygen atoms in total. The third-order valence-corrected chi connectivity index (χ3v) is 4.98. The monoisotopic (exact) mass is 441 g/mol. The van der Waals surface area contributed by atoms with Crippen LogP contribution in [0.15, 0.2) is 36.8 Å². The molecular weight excluding hydrogens is 425 g/mol. The second kappa shape index (κ2) is 7.43. The number of amides is 1. The molecule has 3 aromatic heterocycles. The number of carbonyl (C=O) groups excluding carboxylic acids is 1. The maximum absolute atomic E-state index is 12.9. The Balaban J connectivity index is 1.47. The van der Waals surface area contributed by atoms with Crippen LogP contribution in [0.3, 0.4) is 0 Å². The lowest BCUT2D eigenvalue weighted by Crippen LogP contribution is -2.41. The van der Waals surface area contributed by atoms with Crippen LogP contribution in [0.1, 0.15) is 24.1 Å². The van der Waals surface area contributed by atoms with E-state index in [0.29, 0.717) is 17.5 Å². The molecule has 0 spiro atoms. The Kier molecular flexibility index (Phi) is 5.02. The molecule has 0 aromatic carbocycles. The first-order valence-corrected chi connectivity index (χ1v) is 9.20. The highest BCUT2D eigenvalue weighted by Gasteiger charge is 2.58. The summed E-state index contributed by atoms with van der Waals surface area (Å²) >= 11 is 0. The van der Waals surface area contributed by atoms with Crippen LogP contribution in [0.4, 0.5) is 22.0 Å². The van der Waals surface area contributed by atoms with Crippen molar-refractivity contribution >= 4 is 17.3 Å². The van der Waals surface area contributed by atoms with Crippen molar-refractivity contribution in [2.45, 2.75) is 37.0 Å². The van der Waals surface area contributed by atoms with Gasteiger partial charge in [0.05, 0.1) is 23.3 Å². The summed E-state index contributed by atoms with van der Waals surface area (Å²) in [7, 11) is 0. The number of rotatable bonds is 8. The largest absolute Gasteiger partial charge is 0.471 e. The van der Waals surface area contributed by atoms with Gasteiger partial charge in [0.2, 0.25) is 12.3 Å². The Labute approximate surface area is 172 Å². The third kappa shape index (κ3) is 4.14. The van der Waals surface area contributed by atoms with Crippen LogP contribution < -0.4 is 10.1 Å². The van der Waals surface area contributed by atoms with Gasteiger partial charge in [-0.1, -0.05) is 6.07 Å². The van der Waals surface area contributed by atoms with Gasteiger partial charge in [-0.15, -0.1) is 0 Å². The Bertz CT molecular complexity index is 1090. The average molecular weight is 441 g/mol. The van der Waals surface area contributed by atoms with Crippen LogP contribution >= 0.6 is 0 Å². The predicted octanol–water partition coefficient (Wildman–Crippen LogP) is 3.19. The van der Waals surface area contributed by atoms with Crippen LogP contribution in [-0.2, 0) is 16.9 Å². The number of aromatic nitrogens is 4. The molecule has 31 heavy (non-hydrogen) atoms. The summed E-state index contributed by atoms with van der Waals surface area (Å²) in [6.45, 7) is -1.58. The van der Waals surface area contributed by atoms with E-state index < -0.39 is 24.2 Å². The van der Waals surface area contributed by atoms with Crippen molar-refractivity contribution in [2.24, 2.45) is 0 Å². The van der Waals surface area contributed by atoms with E-state index in [1.807, 2.05) is 0 Å². The summed E-state index contributed by atoms with van der Waals surface area (Å²) < 4.78 is 68.6. The number of carbonyl (C=O) groups is 1. The number of nitrogens with zero attached hydrogens (tertiary/aromatic N) is 4. The van der Waals surface area contributed by atoms with Gasteiger partial charge < -0.3 is 10.1 Å². The molecule has 1 aliphatic rings. The van der Waals surface area contributed by atoms with E-state index >= 15 is 0 Å². The maximum Gasteiger partial charge on any atom is 0.456 e. The van der Waals surface area contributed by atoms with Gasteiger partial charge in [-0.3, -0.25) is 14.5 Å². The van der Waals surface area contributed by atoms with E-state index in [9.17, 15) is 26.7 Å². The normalized spacial score (nSPS) is 15.6. The fourth-order valence-corrected chi connectivity index (χ4v) is 3.17. The minimum Gasteiger partial charge on any atom is -0.471 e. The molecule has 1 saturated carbocycles. The smallest absolute Gasteiger partial charge is 0.456 e. The molecule has 1 fully saturated rings. The Hall–Kier alpha value is -3.31. The number of hydrogen-bond donors (Lipinski definition) is 1. The summed E-state index contributed by atoms with van der Waals surface area (Å²) in [6, 6.07) is 4.45. The highest BCUT2D eigenvalue weighted by atomic mass is 19.4. The highest BCUT2D eigenvalue weighted by Crippen LogP contribution is 2.46. The number of ether oxygens (including phenoxy) is 1. The average Bonchev–Trinajstić information content (AvgIpc) is 3.37. The summed E-state index contributed by atoms with van der Waals surface area (Å²) in [5.74, 6) is -5.31. The zero-order valence-electron chi connectivity index (χ0n) is 15.9. The number of nitrogens with one attached hydrogen (secondary N) is 1. The first-order chi connectivity index (χ1) is 14.6. The molecule has 12 heteroatoms. The highest BCUT2D eigenvalue weighted by molar-refractivity contribution is 5.82.